The largest absolute Gasteiger partial charge is 0.385 e. The minimum Gasteiger partial charge on any atom is -0.385 e. The Morgan fingerprint density at radius 3 is 3.15 bits per heavy atom. The summed E-state index contributed by atoms with van der Waals surface area (Å²) in [5, 5.41) is 3.47. The second kappa shape index (κ2) is 3.70. The van der Waals surface area contributed by atoms with Crippen LogP contribution in [0.5, 0.6) is 0 Å². The van der Waals surface area contributed by atoms with Crippen molar-refractivity contribution in [2.45, 2.75) is 25.7 Å². The van der Waals surface area contributed by atoms with E-state index >= 15 is 0 Å². The molecule has 2 heteroatoms. The zero-order chi connectivity index (χ0) is 9.26. The third-order valence-electron chi connectivity index (χ3n) is 2.68. The Morgan fingerprint density at radius 2 is 2.31 bits per heavy atom. The van der Waals surface area contributed by atoms with Crippen molar-refractivity contribution in [2.24, 2.45) is 0 Å². The van der Waals surface area contributed by atoms with E-state index in [0.717, 1.165) is 6.54 Å². The monoisotopic (exact) mass is 239 g/mol. The van der Waals surface area contributed by atoms with Gasteiger partial charge in [0.05, 0.1) is 0 Å². The van der Waals surface area contributed by atoms with E-state index in [1.54, 1.807) is 0 Å². The van der Waals surface area contributed by atoms with Crippen LogP contribution in [-0.4, -0.2) is 6.54 Å². The Bertz CT molecular complexity index is 309. The predicted molar refractivity (Wildman–Crippen MR) is 60.3 cm³/mol. The van der Waals surface area contributed by atoms with Crippen LogP contribution in [0, 0.1) is 0 Å². The number of halogens is 1. The summed E-state index contributed by atoms with van der Waals surface area (Å²) >= 11 is 3.62. The van der Waals surface area contributed by atoms with Crippen molar-refractivity contribution in [3.63, 3.8) is 0 Å². The standard InChI is InChI=1S/C11H14BrN/c1-8-4-3-7-13-10-6-2-5-9(12)11(8)10/h2,5-6,8,13H,3-4,7H2,1H3. The quantitative estimate of drug-likeness (QED) is 0.728. The zero-order valence-corrected chi connectivity index (χ0v) is 9.39. The van der Waals surface area contributed by atoms with E-state index in [4.69, 9.17) is 0 Å². The molecule has 1 heterocycles. The summed E-state index contributed by atoms with van der Waals surface area (Å²) in [6.07, 6.45) is 2.55. The molecular weight excluding hydrogens is 226 g/mol. The average Bonchev–Trinajstić information content (AvgIpc) is 2.29. The third-order valence-corrected chi connectivity index (χ3v) is 3.37. The highest BCUT2D eigenvalue weighted by atomic mass is 79.9. The van der Waals surface area contributed by atoms with Gasteiger partial charge in [-0.15, -0.1) is 0 Å². The lowest BCUT2D eigenvalue weighted by atomic mass is 9.96. The molecular formula is C11H14BrN. The van der Waals surface area contributed by atoms with Crippen LogP contribution in [0.2, 0.25) is 0 Å². The van der Waals surface area contributed by atoms with E-state index < -0.39 is 0 Å². The number of hydrogen-bond donors (Lipinski definition) is 1. The van der Waals surface area contributed by atoms with Gasteiger partial charge in [-0.2, -0.15) is 0 Å². The fourth-order valence-corrected chi connectivity index (χ4v) is 2.72. The molecule has 0 amide bonds. The first kappa shape index (κ1) is 9.07. The number of nitrogens with one attached hydrogen (secondary N) is 1. The van der Waals surface area contributed by atoms with Crippen LogP contribution >= 0.6 is 15.9 Å². The molecule has 1 aliphatic heterocycles. The van der Waals surface area contributed by atoms with E-state index in [9.17, 15) is 0 Å². The maximum absolute atomic E-state index is 3.62. The lowest BCUT2D eigenvalue weighted by Gasteiger charge is -2.14. The van der Waals surface area contributed by atoms with Gasteiger partial charge in [-0.3, -0.25) is 0 Å². The van der Waals surface area contributed by atoms with Crippen molar-refractivity contribution in [3.8, 4) is 0 Å². The second-order valence-electron chi connectivity index (χ2n) is 3.67. The molecule has 0 radical (unpaired) electrons. The first-order chi connectivity index (χ1) is 6.29. The summed E-state index contributed by atoms with van der Waals surface area (Å²) in [5.41, 5.74) is 2.75. The normalized spacial score (nSPS) is 21.5. The smallest absolute Gasteiger partial charge is 0.0386 e. The van der Waals surface area contributed by atoms with Crippen molar-refractivity contribution >= 4 is 21.6 Å². The van der Waals surface area contributed by atoms with Gasteiger partial charge in [-0.1, -0.05) is 28.9 Å². The number of rotatable bonds is 0. The highest BCUT2D eigenvalue weighted by molar-refractivity contribution is 9.10. The Morgan fingerprint density at radius 1 is 1.46 bits per heavy atom. The fraction of sp³-hybridized carbons (Fsp3) is 0.455. The van der Waals surface area contributed by atoms with Gasteiger partial charge in [0.25, 0.3) is 0 Å². The van der Waals surface area contributed by atoms with Gasteiger partial charge in [0, 0.05) is 16.7 Å². The van der Waals surface area contributed by atoms with Crippen LogP contribution in [0.4, 0.5) is 5.69 Å². The molecule has 0 saturated heterocycles. The summed E-state index contributed by atoms with van der Waals surface area (Å²) in [7, 11) is 0. The summed E-state index contributed by atoms with van der Waals surface area (Å²) in [5.74, 6) is 0.667. The molecule has 70 valence electrons. The molecule has 0 saturated carbocycles. The molecule has 13 heavy (non-hydrogen) atoms. The molecule has 0 aromatic heterocycles. The van der Waals surface area contributed by atoms with Gasteiger partial charge in [0.2, 0.25) is 0 Å². The molecule has 0 bridgehead atoms. The molecule has 1 nitrogen and oxygen atoms in total. The number of hydrogen-bond acceptors (Lipinski definition) is 1. The third kappa shape index (κ3) is 1.73. The summed E-state index contributed by atoms with van der Waals surface area (Å²) in [6.45, 7) is 3.41. The van der Waals surface area contributed by atoms with Crippen molar-refractivity contribution in [2.75, 3.05) is 11.9 Å². The van der Waals surface area contributed by atoms with Crippen LogP contribution in [0.25, 0.3) is 0 Å². The molecule has 0 fully saturated rings. The van der Waals surface area contributed by atoms with Crippen molar-refractivity contribution in [1.82, 2.24) is 0 Å². The molecule has 0 aliphatic carbocycles. The van der Waals surface area contributed by atoms with Crippen LogP contribution in [0.15, 0.2) is 22.7 Å². The van der Waals surface area contributed by atoms with E-state index in [2.05, 4.69) is 46.4 Å². The minimum absolute atomic E-state index is 0.667. The Kier molecular flexibility index (Phi) is 2.58. The van der Waals surface area contributed by atoms with E-state index in [-0.39, 0.29) is 0 Å². The first-order valence-corrected chi connectivity index (χ1v) is 5.60. The minimum atomic E-state index is 0.667. The predicted octanol–water partition coefficient (Wildman–Crippen LogP) is 3.76. The van der Waals surface area contributed by atoms with Gasteiger partial charge < -0.3 is 5.32 Å². The Balaban J connectivity index is 2.48. The maximum atomic E-state index is 3.62. The highest BCUT2D eigenvalue weighted by Gasteiger charge is 2.16. The van der Waals surface area contributed by atoms with Gasteiger partial charge in [-0.05, 0) is 36.5 Å². The summed E-state index contributed by atoms with van der Waals surface area (Å²) < 4.78 is 1.24. The SMILES string of the molecule is CC1CCCNc2cccc(Br)c21. The van der Waals surface area contributed by atoms with E-state index in [0.29, 0.717) is 5.92 Å². The molecule has 1 aromatic rings. The van der Waals surface area contributed by atoms with E-state index in [1.807, 2.05) is 0 Å². The van der Waals surface area contributed by atoms with Crippen LogP contribution in [0.3, 0.4) is 0 Å². The zero-order valence-electron chi connectivity index (χ0n) is 7.81. The lowest BCUT2D eigenvalue weighted by molar-refractivity contribution is 0.665. The van der Waals surface area contributed by atoms with Crippen LogP contribution < -0.4 is 5.32 Å². The second-order valence-corrected chi connectivity index (χ2v) is 4.53. The van der Waals surface area contributed by atoms with E-state index in [1.165, 1.54) is 28.6 Å². The molecule has 2 rings (SSSR count). The first-order valence-electron chi connectivity index (χ1n) is 4.81. The Labute approximate surface area is 87.7 Å². The van der Waals surface area contributed by atoms with Crippen molar-refractivity contribution in [1.29, 1.82) is 0 Å². The summed E-state index contributed by atoms with van der Waals surface area (Å²) in [6, 6.07) is 6.39. The van der Waals surface area contributed by atoms with Crippen molar-refractivity contribution in [3.05, 3.63) is 28.2 Å². The molecule has 1 aliphatic rings. The molecule has 1 atom stereocenters. The van der Waals surface area contributed by atoms with Crippen LogP contribution in [0.1, 0.15) is 31.2 Å². The maximum Gasteiger partial charge on any atom is 0.0386 e. The average molecular weight is 240 g/mol. The number of fused-ring (bicyclic) bond motifs is 1. The lowest BCUT2D eigenvalue weighted by Crippen LogP contribution is -1.99. The Hall–Kier alpha value is -0.500. The van der Waals surface area contributed by atoms with Gasteiger partial charge in [-0.25, -0.2) is 0 Å². The highest BCUT2D eigenvalue weighted by Crippen LogP contribution is 2.35. The molecule has 1 unspecified atom stereocenters. The van der Waals surface area contributed by atoms with Crippen molar-refractivity contribution < 1.29 is 0 Å². The van der Waals surface area contributed by atoms with Gasteiger partial charge in [0.15, 0.2) is 0 Å². The summed E-state index contributed by atoms with van der Waals surface area (Å²) in [4.78, 5) is 0. The fourth-order valence-electron chi connectivity index (χ4n) is 1.97. The number of anilines is 1. The molecule has 1 aromatic carbocycles. The topological polar surface area (TPSA) is 12.0 Å². The van der Waals surface area contributed by atoms with Gasteiger partial charge in [0.1, 0.15) is 0 Å². The number of benzene rings is 1. The van der Waals surface area contributed by atoms with Gasteiger partial charge >= 0.3 is 0 Å². The molecule has 0 spiro atoms. The molecule has 1 N–H and O–H groups in total. The van der Waals surface area contributed by atoms with Crippen LogP contribution in [-0.2, 0) is 0 Å².